The van der Waals surface area contributed by atoms with Gasteiger partial charge in [0, 0.05) is 31.2 Å². The minimum absolute atomic E-state index is 0.0314. The van der Waals surface area contributed by atoms with E-state index in [-0.39, 0.29) is 12.3 Å². The second-order valence-corrected chi connectivity index (χ2v) is 7.45. The van der Waals surface area contributed by atoms with Gasteiger partial charge >= 0.3 is 0 Å². The van der Waals surface area contributed by atoms with Gasteiger partial charge < -0.3 is 10.1 Å². The van der Waals surface area contributed by atoms with Crippen molar-refractivity contribution in [1.82, 2.24) is 19.9 Å². The lowest BCUT2D eigenvalue weighted by Crippen LogP contribution is -2.31. The van der Waals surface area contributed by atoms with Gasteiger partial charge in [-0.3, -0.25) is 9.52 Å². The van der Waals surface area contributed by atoms with Crippen LogP contribution in [0.3, 0.4) is 0 Å². The van der Waals surface area contributed by atoms with E-state index in [1.807, 2.05) is 6.92 Å². The maximum Gasteiger partial charge on any atom is 0.252 e. The number of rotatable bonds is 8. The van der Waals surface area contributed by atoms with Crippen molar-refractivity contribution < 1.29 is 17.9 Å². The van der Waals surface area contributed by atoms with E-state index in [4.69, 9.17) is 4.74 Å². The second kappa shape index (κ2) is 8.04. The van der Waals surface area contributed by atoms with E-state index in [1.54, 1.807) is 47.2 Å². The molecular formula is C17H19N5O4S. The molecule has 3 rings (SSSR count). The number of ether oxygens (including phenoxy) is 1. The van der Waals surface area contributed by atoms with Crippen molar-refractivity contribution in [2.45, 2.75) is 6.92 Å². The third-order valence-electron chi connectivity index (χ3n) is 3.62. The molecule has 3 aromatic rings. The molecular weight excluding hydrogens is 370 g/mol. The minimum Gasteiger partial charge on any atom is -0.478 e. The van der Waals surface area contributed by atoms with Crippen LogP contribution in [0, 0.1) is 0 Å². The van der Waals surface area contributed by atoms with Crippen LogP contribution in [0.1, 0.15) is 17.3 Å². The molecule has 0 fully saturated rings. The Bertz CT molecular complexity index is 1030. The number of carbonyl (C=O) groups excluding carboxylic acids is 1. The van der Waals surface area contributed by atoms with Gasteiger partial charge in [0.25, 0.3) is 5.91 Å². The molecule has 0 unspecified atom stereocenters. The van der Waals surface area contributed by atoms with Crippen molar-refractivity contribution in [3.05, 3.63) is 54.5 Å². The van der Waals surface area contributed by atoms with Gasteiger partial charge in [0.2, 0.25) is 15.9 Å². The number of carbonyl (C=O) groups is 1. The van der Waals surface area contributed by atoms with Crippen molar-refractivity contribution in [2.24, 2.45) is 0 Å². The number of hydrogen-bond acceptors (Lipinski definition) is 6. The van der Waals surface area contributed by atoms with E-state index in [0.717, 1.165) is 5.52 Å². The monoisotopic (exact) mass is 389 g/mol. The molecule has 27 heavy (non-hydrogen) atoms. The Morgan fingerprint density at radius 1 is 1.26 bits per heavy atom. The standard InChI is InChI=1S/C17H19N5O4S/c1-2-26-16-4-3-13(12-19-16)17(23)18-8-10-27(24,25)21-14-6-9-22-15(11-14)5-7-20-22/h3-7,9,11-12,21H,2,8,10H2,1H3,(H,18,23). The maximum absolute atomic E-state index is 12.2. The molecule has 3 heterocycles. The first kappa shape index (κ1) is 18.6. The molecule has 3 aromatic heterocycles. The molecule has 0 spiro atoms. The highest BCUT2D eigenvalue weighted by atomic mass is 32.2. The first-order chi connectivity index (χ1) is 13.0. The van der Waals surface area contributed by atoms with Crippen molar-refractivity contribution in [3.8, 4) is 5.88 Å². The predicted molar refractivity (Wildman–Crippen MR) is 100 cm³/mol. The topological polar surface area (TPSA) is 115 Å². The minimum atomic E-state index is -3.61. The summed E-state index contributed by atoms with van der Waals surface area (Å²) >= 11 is 0. The van der Waals surface area contributed by atoms with Gasteiger partial charge in [-0.05, 0) is 31.2 Å². The molecule has 0 atom stereocenters. The molecule has 0 bridgehead atoms. The fraction of sp³-hybridized carbons (Fsp3) is 0.235. The van der Waals surface area contributed by atoms with Crippen LogP contribution in [-0.2, 0) is 10.0 Å². The molecule has 142 valence electrons. The van der Waals surface area contributed by atoms with Gasteiger partial charge in [0.15, 0.2) is 0 Å². The Labute approximate surface area is 156 Å². The highest BCUT2D eigenvalue weighted by molar-refractivity contribution is 7.92. The smallest absolute Gasteiger partial charge is 0.252 e. The van der Waals surface area contributed by atoms with Gasteiger partial charge in [-0.2, -0.15) is 5.10 Å². The van der Waals surface area contributed by atoms with Gasteiger partial charge in [0.1, 0.15) is 0 Å². The Morgan fingerprint density at radius 2 is 2.11 bits per heavy atom. The lowest BCUT2D eigenvalue weighted by Gasteiger charge is -2.09. The van der Waals surface area contributed by atoms with Crippen LogP contribution in [0.5, 0.6) is 5.88 Å². The first-order valence-corrected chi connectivity index (χ1v) is 9.93. The van der Waals surface area contributed by atoms with E-state index < -0.39 is 15.9 Å². The molecule has 0 saturated carbocycles. The fourth-order valence-electron chi connectivity index (χ4n) is 2.36. The number of fused-ring (bicyclic) bond motifs is 1. The molecule has 10 heteroatoms. The zero-order chi connectivity index (χ0) is 19.3. The Kier molecular flexibility index (Phi) is 5.55. The molecule has 0 radical (unpaired) electrons. The first-order valence-electron chi connectivity index (χ1n) is 8.28. The highest BCUT2D eigenvalue weighted by Crippen LogP contribution is 2.13. The summed E-state index contributed by atoms with van der Waals surface area (Å²) in [6.07, 6.45) is 4.67. The maximum atomic E-state index is 12.2. The van der Waals surface area contributed by atoms with E-state index in [1.165, 1.54) is 6.20 Å². The third-order valence-corrected chi connectivity index (χ3v) is 4.91. The normalized spacial score (nSPS) is 11.3. The van der Waals surface area contributed by atoms with E-state index in [2.05, 4.69) is 20.1 Å². The largest absolute Gasteiger partial charge is 0.478 e. The molecule has 0 saturated heterocycles. The predicted octanol–water partition coefficient (Wildman–Crippen LogP) is 1.30. The Hall–Kier alpha value is -3.14. The van der Waals surface area contributed by atoms with Gasteiger partial charge in [0.05, 0.1) is 29.1 Å². The number of nitrogens with one attached hydrogen (secondary N) is 2. The van der Waals surface area contributed by atoms with Crippen LogP contribution in [0.25, 0.3) is 5.52 Å². The number of amides is 1. The van der Waals surface area contributed by atoms with Crippen LogP contribution in [0.4, 0.5) is 5.69 Å². The van der Waals surface area contributed by atoms with Crippen LogP contribution in [-0.4, -0.2) is 47.8 Å². The molecule has 9 nitrogen and oxygen atoms in total. The summed E-state index contributed by atoms with van der Waals surface area (Å²) in [5.41, 5.74) is 1.53. The summed E-state index contributed by atoms with van der Waals surface area (Å²) in [7, 11) is -3.61. The lowest BCUT2D eigenvalue weighted by atomic mass is 10.2. The molecule has 0 aromatic carbocycles. The quantitative estimate of drug-likeness (QED) is 0.600. The van der Waals surface area contributed by atoms with E-state index >= 15 is 0 Å². The number of sulfonamides is 1. The Balaban J connectivity index is 1.52. The third kappa shape index (κ3) is 4.94. The van der Waals surface area contributed by atoms with E-state index in [0.29, 0.717) is 23.7 Å². The molecule has 0 aliphatic rings. The summed E-state index contributed by atoms with van der Waals surface area (Å²) in [6, 6.07) is 8.21. The van der Waals surface area contributed by atoms with Crippen LogP contribution in [0.15, 0.2) is 48.9 Å². The summed E-state index contributed by atoms with van der Waals surface area (Å²) in [5.74, 6) is -0.231. The summed E-state index contributed by atoms with van der Waals surface area (Å²) in [6.45, 7) is 2.29. The number of nitrogens with zero attached hydrogens (tertiary/aromatic N) is 3. The zero-order valence-corrected chi connectivity index (χ0v) is 15.4. The summed E-state index contributed by atoms with van der Waals surface area (Å²) < 4.78 is 33.7. The van der Waals surface area contributed by atoms with Crippen LogP contribution < -0.4 is 14.8 Å². The number of aromatic nitrogens is 3. The van der Waals surface area contributed by atoms with E-state index in [9.17, 15) is 13.2 Å². The molecule has 0 aliphatic heterocycles. The second-order valence-electron chi connectivity index (χ2n) is 5.61. The van der Waals surface area contributed by atoms with Crippen molar-refractivity contribution in [2.75, 3.05) is 23.6 Å². The van der Waals surface area contributed by atoms with Crippen molar-refractivity contribution in [1.29, 1.82) is 0 Å². The van der Waals surface area contributed by atoms with Crippen LogP contribution in [0.2, 0.25) is 0 Å². The van der Waals surface area contributed by atoms with Crippen molar-refractivity contribution in [3.63, 3.8) is 0 Å². The highest BCUT2D eigenvalue weighted by Gasteiger charge is 2.13. The van der Waals surface area contributed by atoms with Gasteiger partial charge in [-0.1, -0.05) is 0 Å². The SMILES string of the molecule is CCOc1ccc(C(=O)NCCS(=O)(=O)Nc2ccn3nccc3c2)cn1. The molecule has 2 N–H and O–H groups in total. The summed E-state index contributed by atoms with van der Waals surface area (Å²) in [4.78, 5) is 16.1. The van der Waals surface area contributed by atoms with Gasteiger partial charge in [-0.15, -0.1) is 0 Å². The average molecular weight is 389 g/mol. The molecule has 1 amide bonds. The number of hydrogen-bond donors (Lipinski definition) is 2. The summed E-state index contributed by atoms with van der Waals surface area (Å²) in [5, 5.41) is 6.61. The number of pyridine rings is 2. The average Bonchev–Trinajstić information content (AvgIpc) is 3.09. The zero-order valence-electron chi connectivity index (χ0n) is 14.6. The van der Waals surface area contributed by atoms with Crippen molar-refractivity contribution >= 4 is 27.1 Å². The van der Waals surface area contributed by atoms with Crippen LogP contribution >= 0.6 is 0 Å². The van der Waals surface area contributed by atoms with Gasteiger partial charge in [-0.25, -0.2) is 17.9 Å². The lowest BCUT2D eigenvalue weighted by molar-refractivity contribution is 0.0955. The molecule has 0 aliphatic carbocycles. The fourth-order valence-corrected chi connectivity index (χ4v) is 3.32. The Morgan fingerprint density at radius 3 is 2.85 bits per heavy atom. The number of anilines is 1.